The van der Waals surface area contributed by atoms with Crippen molar-refractivity contribution in [3.63, 3.8) is 0 Å². The second kappa shape index (κ2) is 7.22. The molecule has 1 rings (SSSR count). The molecular weight excluding hydrogens is 287 g/mol. The summed E-state index contributed by atoms with van der Waals surface area (Å²) in [6.07, 6.45) is -3.46. The first kappa shape index (κ1) is 17.2. The molecule has 0 radical (unpaired) electrons. The van der Waals surface area contributed by atoms with E-state index in [0.29, 0.717) is 17.2 Å². The van der Waals surface area contributed by atoms with Gasteiger partial charge in [-0.05, 0) is 23.6 Å². The van der Waals surface area contributed by atoms with E-state index in [-0.39, 0.29) is 5.75 Å². The summed E-state index contributed by atoms with van der Waals surface area (Å²) in [5, 5.41) is 0. The third kappa shape index (κ3) is 5.25. The normalized spacial score (nSPS) is 16.7. The zero-order valence-electron chi connectivity index (χ0n) is 11.6. The van der Waals surface area contributed by atoms with Crippen LogP contribution < -0.4 is 5.73 Å². The van der Waals surface area contributed by atoms with Gasteiger partial charge in [-0.15, -0.1) is 0 Å². The standard InChI is InChI=1S/C14H20F3NOS/c1-3-10(2)8-20(19)9-13(18)11-5-4-6-12(7-11)14(15,16)17/h4-7,10,13H,3,8-9,18H2,1-2H3. The molecule has 0 saturated heterocycles. The van der Waals surface area contributed by atoms with Crippen molar-refractivity contribution < 1.29 is 17.4 Å². The molecule has 0 heterocycles. The molecule has 3 atom stereocenters. The van der Waals surface area contributed by atoms with Gasteiger partial charge < -0.3 is 5.73 Å². The first-order chi connectivity index (χ1) is 9.24. The topological polar surface area (TPSA) is 43.1 Å². The maximum atomic E-state index is 12.6. The van der Waals surface area contributed by atoms with Gasteiger partial charge in [0, 0.05) is 28.3 Å². The van der Waals surface area contributed by atoms with Gasteiger partial charge in [0.15, 0.2) is 0 Å². The molecule has 0 fully saturated rings. The molecule has 3 unspecified atom stereocenters. The highest BCUT2D eigenvalue weighted by atomic mass is 32.2. The summed E-state index contributed by atoms with van der Waals surface area (Å²) >= 11 is 0. The minimum absolute atomic E-state index is 0.186. The average molecular weight is 307 g/mol. The molecule has 0 aliphatic rings. The Bertz CT molecular complexity index is 462. The summed E-state index contributed by atoms with van der Waals surface area (Å²) in [6.45, 7) is 4.00. The fourth-order valence-corrected chi connectivity index (χ4v) is 3.34. The van der Waals surface area contributed by atoms with E-state index in [1.165, 1.54) is 6.07 Å². The van der Waals surface area contributed by atoms with Crippen molar-refractivity contribution in [2.75, 3.05) is 11.5 Å². The number of hydrogen-bond donors (Lipinski definition) is 1. The van der Waals surface area contributed by atoms with E-state index in [4.69, 9.17) is 5.73 Å². The average Bonchev–Trinajstić information content (AvgIpc) is 2.37. The van der Waals surface area contributed by atoms with Crippen LogP contribution >= 0.6 is 0 Å². The fraction of sp³-hybridized carbons (Fsp3) is 0.571. The van der Waals surface area contributed by atoms with Gasteiger partial charge in [-0.2, -0.15) is 13.2 Å². The molecule has 6 heteroatoms. The van der Waals surface area contributed by atoms with Gasteiger partial charge in [-0.25, -0.2) is 0 Å². The van der Waals surface area contributed by atoms with Gasteiger partial charge in [-0.3, -0.25) is 4.21 Å². The Labute approximate surface area is 120 Å². The third-order valence-corrected chi connectivity index (χ3v) is 4.85. The first-order valence-electron chi connectivity index (χ1n) is 6.51. The van der Waals surface area contributed by atoms with E-state index >= 15 is 0 Å². The monoisotopic (exact) mass is 307 g/mol. The quantitative estimate of drug-likeness (QED) is 0.874. The van der Waals surface area contributed by atoms with Crippen LogP contribution in [0.15, 0.2) is 24.3 Å². The second-order valence-electron chi connectivity index (χ2n) is 5.02. The molecule has 20 heavy (non-hydrogen) atoms. The van der Waals surface area contributed by atoms with Crippen LogP contribution in [0.4, 0.5) is 13.2 Å². The number of rotatable bonds is 6. The van der Waals surface area contributed by atoms with Gasteiger partial charge in [0.2, 0.25) is 0 Å². The molecule has 2 nitrogen and oxygen atoms in total. The lowest BCUT2D eigenvalue weighted by atomic mass is 10.1. The number of hydrogen-bond acceptors (Lipinski definition) is 2. The Balaban J connectivity index is 2.73. The highest BCUT2D eigenvalue weighted by Crippen LogP contribution is 2.30. The summed E-state index contributed by atoms with van der Waals surface area (Å²) in [5.74, 6) is 1.04. The minimum Gasteiger partial charge on any atom is -0.323 e. The van der Waals surface area contributed by atoms with Crippen molar-refractivity contribution in [3.8, 4) is 0 Å². The minimum atomic E-state index is -4.38. The molecule has 0 aromatic heterocycles. The molecule has 0 spiro atoms. The maximum absolute atomic E-state index is 12.6. The van der Waals surface area contributed by atoms with Crippen LogP contribution in [0.25, 0.3) is 0 Å². The Morgan fingerprint density at radius 3 is 2.50 bits per heavy atom. The number of alkyl halides is 3. The predicted molar refractivity (Wildman–Crippen MR) is 75.7 cm³/mol. The van der Waals surface area contributed by atoms with Crippen LogP contribution in [0.2, 0.25) is 0 Å². The van der Waals surface area contributed by atoms with Crippen LogP contribution in [0.3, 0.4) is 0 Å². The van der Waals surface area contributed by atoms with Gasteiger partial charge in [0.25, 0.3) is 0 Å². The fourth-order valence-electron chi connectivity index (χ4n) is 1.75. The zero-order valence-corrected chi connectivity index (χ0v) is 12.4. The van der Waals surface area contributed by atoms with Crippen LogP contribution in [-0.4, -0.2) is 15.7 Å². The number of halogens is 3. The molecule has 0 saturated carbocycles. The zero-order chi connectivity index (χ0) is 15.3. The van der Waals surface area contributed by atoms with Crippen molar-refractivity contribution >= 4 is 10.8 Å². The highest BCUT2D eigenvalue weighted by molar-refractivity contribution is 7.85. The van der Waals surface area contributed by atoms with E-state index in [1.807, 2.05) is 13.8 Å². The Hall–Kier alpha value is -0.880. The maximum Gasteiger partial charge on any atom is 0.416 e. The molecule has 2 N–H and O–H groups in total. The number of benzene rings is 1. The van der Waals surface area contributed by atoms with E-state index in [0.717, 1.165) is 18.6 Å². The summed E-state index contributed by atoms with van der Waals surface area (Å²) in [6, 6.07) is 4.27. The van der Waals surface area contributed by atoms with Crippen molar-refractivity contribution in [1.29, 1.82) is 0 Å². The van der Waals surface area contributed by atoms with Crippen LogP contribution in [0.5, 0.6) is 0 Å². The van der Waals surface area contributed by atoms with E-state index in [1.54, 1.807) is 6.07 Å². The third-order valence-electron chi connectivity index (χ3n) is 3.17. The number of nitrogens with two attached hydrogens (primary N) is 1. The lowest BCUT2D eigenvalue weighted by molar-refractivity contribution is -0.137. The molecular formula is C14H20F3NOS. The van der Waals surface area contributed by atoms with Gasteiger partial charge >= 0.3 is 6.18 Å². The van der Waals surface area contributed by atoms with Crippen molar-refractivity contribution in [2.45, 2.75) is 32.5 Å². The summed E-state index contributed by atoms with van der Waals surface area (Å²) < 4.78 is 49.7. The van der Waals surface area contributed by atoms with E-state index in [2.05, 4.69) is 0 Å². The summed E-state index contributed by atoms with van der Waals surface area (Å²) in [4.78, 5) is 0. The smallest absolute Gasteiger partial charge is 0.323 e. The Morgan fingerprint density at radius 1 is 1.30 bits per heavy atom. The second-order valence-corrected chi connectivity index (χ2v) is 6.56. The molecule has 0 aliphatic carbocycles. The lowest BCUT2D eigenvalue weighted by Crippen LogP contribution is -2.22. The molecule has 0 amide bonds. The van der Waals surface area contributed by atoms with Crippen LogP contribution in [0, 0.1) is 5.92 Å². The highest BCUT2D eigenvalue weighted by Gasteiger charge is 2.30. The predicted octanol–water partition coefficient (Wildman–Crippen LogP) is 3.50. The molecule has 1 aromatic carbocycles. The molecule has 1 aromatic rings. The largest absolute Gasteiger partial charge is 0.416 e. The van der Waals surface area contributed by atoms with E-state index in [9.17, 15) is 17.4 Å². The summed E-state index contributed by atoms with van der Waals surface area (Å²) in [5.41, 5.74) is 5.51. The van der Waals surface area contributed by atoms with Crippen molar-refractivity contribution in [2.24, 2.45) is 11.7 Å². The Morgan fingerprint density at radius 2 is 1.95 bits per heavy atom. The molecule has 114 valence electrons. The molecule has 0 bridgehead atoms. The van der Waals surface area contributed by atoms with Gasteiger partial charge in [0.05, 0.1) is 5.56 Å². The van der Waals surface area contributed by atoms with E-state index < -0.39 is 28.6 Å². The molecule has 0 aliphatic heterocycles. The first-order valence-corrected chi connectivity index (χ1v) is 8.00. The van der Waals surface area contributed by atoms with Crippen LogP contribution in [0.1, 0.15) is 37.4 Å². The lowest BCUT2D eigenvalue weighted by Gasteiger charge is -2.15. The van der Waals surface area contributed by atoms with Gasteiger partial charge in [-0.1, -0.05) is 32.4 Å². The SMILES string of the molecule is CCC(C)CS(=O)CC(N)c1cccc(C(F)(F)F)c1. The van der Waals surface area contributed by atoms with Crippen molar-refractivity contribution in [3.05, 3.63) is 35.4 Å². The van der Waals surface area contributed by atoms with Gasteiger partial charge in [0.1, 0.15) is 0 Å². The summed E-state index contributed by atoms with van der Waals surface area (Å²) in [7, 11) is -1.11. The van der Waals surface area contributed by atoms with Crippen LogP contribution in [-0.2, 0) is 17.0 Å². The Kier molecular flexibility index (Phi) is 6.20. The van der Waals surface area contributed by atoms with Crippen molar-refractivity contribution in [1.82, 2.24) is 0 Å².